The monoisotopic (exact) mass is 553 g/mol. The Morgan fingerprint density at radius 3 is 1.63 bits per heavy atom. The van der Waals surface area contributed by atoms with Crippen LogP contribution in [0.25, 0.3) is 0 Å². The predicted molar refractivity (Wildman–Crippen MR) is 160 cm³/mol. The highest BCUT2D eigenvalue weighted by molar-refractivity contribution is 5.44. The van der Waals surface area contributed by atoms with Crippen molar-refractivity contribution in [2.45, 2.75) is 44.4 Å². The maximum Gasteiger partial charge on any atom is 0.187 e. The van der Waals surface area contributed by atoms with Crippen molar-refractivity contribution in [3.05, 3.63) is 138 Å². The standard InChI is InChI=1S/C35H39NO5/c1-36(31-20-12-5-13-21-31)22-23-38-35-34(40-26-30-18-10-4-11-19-30)33(39-25-29-16-8-3-9-17-29)32(41-35)27-37-24-28-14-6-2-7-15-28/h2-21,32-35H,22-27H2,1H3/t32-,33-,34-,35+/m1/s1. The lowest BCUT2D eigenvalue weighted by atomic mass is 10.1. The molecule has 0 aromatic heterocycles. The summed E-state index contributed by atoms with van der Waals surface area (Å²) in [7, 11) is 2.06. The van der Waals surface area contributed by atoms with Gasteiger partial charge in [0, 0.05) is 19.3 Å². The molecular formula is C35H39NO5. The largest absolute Gasteiger partial charge is 0.374 e. The number of ether oxygens (including phenoxy) is 5. The van der Waals surface area contributed by atoms with Crippen LogP contribution in [0.1, 0.15) is 16.7 Å². The van der Waals surface area contributed by atoms with E-state index >= 15 is 0 Å². The first-order chi connectivity index (χ1) is 20.3. The van der Waals surface area contributed by atoms with Crippen molar-refractivity contribution in [1.82, 2.24) is 0 Å². The predicted octanol–water partition coefficient (Wildman–Crippen LogP) is 6.25. The van der Waals surface area contributed by atoms with Crippen LogP contribution in [0.5, 0.6) is 0 Å². The highest BCUT2D eigenvalue weighted by Crippen LogP contribution is 2.30. The van der Waals surface area contributed by atoms with E-state index in [-0.39, 0.29) is 12.2 Å². The van der Waals surface area contributed by atoms with Crippen molar-refractivity contribution in [3.63, 3.8) is 0 Å². The van der Waals surface area contributed by atoms with E-state index in [0.717, 1.165) is 22.4 Å². The van der Waals surface area contributed by atoms with Gasteiger partial charge in [0.25, 0.3) is 0 Å². The van der Waals surface area contributed by atoms with E-state index in [1.165, 1.54) is 0 Å². The molecule has 0 unspecified atom stereocenters. The molecule has 0 amide bonds. The molecule has 1 fully saturated rings. The molecule has 41 heavy (non-hydrogen) atoms. The average molecular weight is 554 g/mol. The van der Waals surface area contributed by atoms with Crippen molar-refractivity contribution in [2.75, 3.05) is 31.7 Å². The van der Waals surface area contributed by atoms with Crippen LogP contribution in [0.3, 0.4) is 0 Å². The van der Waals surface area contributed by atoms with Crippen LogP contribution >= 0.6 is 0 Å². The molecule has 5 rings (SSSR count). The Morgan fingerprint density at radius 2 is 1.07 bits per heavy atom. The first-order valence-corrected chi connectivity index (χ1v) is 14.2. The molecule has 6 heteroatoms. The Kier molecular flexibility index (Phi) is 10.9. The maximum atomic E-state index is 6.51. The fourth-order valence-electron chi connectivity index (χ4n) is 4.86. The summed E-state index contributed by atoms with van der Waals surface area (Å²) in [5, 5.41) is 0. The summed E-state index contributed by atoms with van der Waals surface area (Å²) in [6.45, 7) is 2.92. The molecule has 0 N–H and O–H groups in total. The van der Waals surface area contributed by atoms with Crippen LogP contribution < -0.4 is 4.90 Å². The summed E-state index contributed by atoms with van der Waals surface area (Å²) in [6, 6.07) is 40.7. The molecule has 214 valence electrons. The van der Waals surface area contributed by atoms with Crippen LogP contribution in [-0.4, -0.2) is 51.4 Å². The summed E-state index contributed by atoms with van der Waals surface area (Å²) in [6.07, 6.45) is -1.73. The first kappa shape index (κ1) is 29.0. The molecule has 1 aliphatic rings. The zero-order valence-corrected chi connectivity index (χ0v) is 23.6. The van der Waals surface area contributed by atoms with Gasteiger partial charge in [-0.2, -0.15) is 0 Å². The molecule has 1 heterocycles. The SMILES string of the molecule is CN(CCO[C@H]1O[C@H](COCc2ccccc2)[C@@H](OCc2ccccc2)[C@H]1OCc1ccccc1)c1ccccc1. The van der Waals surface area contributed by atoms with Gasteiger partial charge in [0.05, 0.1) is 33.0 Å². The van der Waals surface area contributed by atoms with Gasteiger partial charge in [-0.05, 0) is 28.8 Å². The average Bonchev–Trinajstić information content (AvgIpc) is 3.36. The van der Waals surface area contributed by atoms with Crippen LogP contribution in [0.4, 0.5) is 5.69 Å². The third kappa shape index (κ3) is 8.73. The number of likely N-dealkylation sites (N-methyl/N-ethyl adjacent to an activating group) is 1. The lowest BCUT2D eigenvalue weighted by molar-refractivity contribution is -0.183. The molecule has 4 aromatic carbocycles. The molecule has 6 nitrogen and oxygen atoms in total. The Hall–Kier alpha value is -3.52. The first-order valence-electron chi connectivity index (χ1n) is 14.2. The highest BCUT2D eigenvalue weighted by atomic mass is 16.7. The molecular weight excluding hydrogens is 514 g/mol. The zero-order chi connectivity index (χ0) is 28.1. The number of benzene rings is 4. The Bertz CT molecular complexity index is 1260. The smallest absolute Gasteiger partial charge is 0.187 e. The lowest BCUT2D eigenvalue weighted by Gasteiger charge is -2.26. The van der Waals surface area contributed by atoms with Crippen LogP contribution in [-0.2, 0) is 43.5 Å². The summed E-state index contributed by atoms with van der Waals surface area (Å²) in [5.74, 6) is 0. The lowest BCUT2D eigenvalue weighted by Crippen LogP contribution is -2.40. The minimum atomic E-state index is -0.589. The summed E-state index contributed by atoms with van der Waals surface area (Å²) < 4.78 is 32.0. The van der Waals surface area contributed by atoms with E-state index in [4.69, 9.17) is 23.7 Å². The number of nitrogens with zero attached hydrogens (tertiary/aromatic N) is 1. The van der Waals surface area contributed by atoms with Gasteiger partial charge in [-0.15, -0.1) is 0 Å². The minimum Gasteiger partial charge on any atom is -0.374 e. The van der Waals surface area contributed by atoms with E-state index in [1.807, 2.05) is 72.8 Å². The molecule has 0 bridgehead atoms. The third-order valence-electron chi connectivity index (χ3n) is 7.14. The summed E-state index contributed by atoms with van der Waals surface area (Å²) >= 11 is 0. The van der Waals surface area contributed by atoms with E-state index in [9.17, 15) is 0 Å². The Balaban J connectivity index is 1.28. The third-order valence-corrected chi connectivity index (χ3v) is 7.14. The minimum absolute atomic E-state index is 0.347. The van der Waals surface area contributed by atoms with Gasteiger partial charge in [-0.25, -0.2) is 0 Å². The van der Waals surface area contributed by atoms with Crippen LogP contribution in [0.2, 0.25) is 0 Å². The van der Waals surface area contributed by atoms with Crippen molar-refractivity contribution in [3.8, 4) is 0 Å². The second-order valence-electron chi connectivity index (χ2n) is 10.2. The molecule has 4 aromatic rings. The Labute approximate surface area is 243 Å². The molecule has 0 aliphatic carbocycles. The Morgan fingerprint density at radius 1 is 0.585 bits per heavy atom. The second-order valence-corrected chi connectivity index (χ2v) is 10.2. The number of para-hydroxylation sites is 1. The normalized spacial score (nSPS) is 20.2. The fourth-order valence-corrected chi connectivity index (χ4v) is 4.86. The highest BCUT2D eigenvalue weighted by Gasteiger charge is 2.47. The van der Waals surface area contributed by atoms with E-state index in [0.29, 0.717) is 39.6 Å². The van der Waals surface area contributed by atoms with Crippen molar-refractivity contribution >= 4 is 5.69 Å². The molecule has 0 saturated carbocycles. The van der Waals surface area contributed by atoms with E-state index < -0.39 is 12.4 Å². The van der Waals surface area contributed by atoms with Crippen molar-refractivity contribution < 1.29 is 23.7 Å². The molecule has 0 spiro atoms. The molecule has 4 atom stereocenters. The van der Waals surface area contributed by atoms with E-state index in [2.05, 4.69) is 60.5 Å². The van der Waals surface area contributed by atoms with Crippen molar-refractivity contribution in [1.29, 1.82) is 0 Å². The second kappa shape index (κ2) is 15.5. The molecule has 1 aliphatic heterocycles. The van der Waals surface area contributed by atoms with Crippen LogP contribution in [0, 0.1) is 0 Å². The zero-order valence-electron chi connectivity index (χ0n) is 23.6. The van der Waals surface area contributed by atoms with Gasteiger partial charge >= 0.3 is 0 Å². The number of hydrogen-bond acceptors (Lipinski definition) is 6. The fraction of sp³-hybridized carbons (Fsp3) is 0.314. The number of hydrogen-bond donors (Lipinski definition) is 0. The van der Waals surface area contributed by atoms with Gasteiger partial charge < -0.3 is 28.6 Å². The molecule has 1 saturated heterocycles. The van der Waals surface area contributed by atoms with Crippen LogP contribution in [0.15, 0.2) is 121 Å². The molecule has 0 radical (unpaired) electrons. The van der Waals surface area contributed by atoms with Gasteiger partial charge in [-0.1, -0.05) is 109 Å². The quantitative estimate of drug-likeness (QED) is 0.173. The topological polar surface area (TPSA) is 49.4 Å². The van der Waals surface area contributed by atoms with E-state index in [1.54, 1.807) is 0 Å². The van der Waals surface area contributed by atoms with Gasteiger partial charge in [0.1, 0.15) is 18.3 Å². The maximum absolute atomic E-state index is 6.51. The summed E-state index contributed by atoms with van der Waals surface area (Å²) in [4.78, 5) is 2.17. The van der Waals surface area contributed by atoms with Gasteiger partial charge in [0.15, 0.2) is 6.29 Å². The van der Waals surface area contributed by atoms with Gasteiger partial charge in [0.2, 0.25) is 0 Å². The van der Waals surface area contributed by atoms with Gasteiger partial charge in [-0.3, -0.25) is 0 Å². The number of anilines is 1. The summed E-state index contributed by atoms with van der Waals surface area (Å²) in [5.41, 5.74) is 4.42. The number of rotatable bonds is 15. The van der Waals surface area contributed by atoms with Crippen molar-refractivity contribution in [2.24, 2.45) is 0 Å².